The Balaban J connectivity index is 1.40. The third kappa shape index (κ3) is 2.82. The number of rotatable bonds is 4. The minimum absolute atomic E-state index is 0.0434. The molecule has 116 valence electrons. The molecule has 0 saturated heterocycles. The number of imidazole rings is 1. The molecule has 3 aromatic rings. The van der Waals surface area contributed by atoms with Crippen LogP contribution in [-0.4, -0.2) is 15.4 Å². The zero-order chi connectivity index (χ0) is 15.8. The fourth-order valence-corrected chi connectivity index (χ4v) is 3.04. The summed E-state index contributed by atoms with van der Waals surface area (Å²) in [5.41, 5.74) is 2.91. The van der Waals surface area contributed by atoms with Gasteiger partial charge in [-0.05, 0) is 42.2 Å². The van der Waals surface area contributed by atoms with Crippen LogP contribution in [0.25, 0.3) is 5.65 Å². The Morgan fingerprint density at radius 3 is 2.91 bits per heavy atom. The predicted octanol–water partition coefficient (Wildman–Crippen LogP) is 3.83. The number of hydrogen-bond acceptors (Lipinski definition) is 3. The van der Waals surface area contributed by atoms with Gasteiger partial charge in [-0.15, -0.1) is 0 Å². The Bertz CT molecular complexity index is 857. The van der Waals surface area contributed by atoms with E-state index in [-0.39, 0.29) is 24.4 Å². The number of carbonyl (C=O) groups excluding carboxylic acids is 1. The average Bonchev–Trinajstić information content (AvgIpc) is 3.22. The molecule has 0 unspecified atom stereocenters. The van der Waals surface area contributed by atoms with Crippen LogP contribution in [-0.2, 0) is 16.1 Å². The lowest BCUT2D eigenvalue weighted by Gasteiger charge is -2.07. The van der Waals surface area contributed by atoms with E-state index in [1.54, 1.807) is 6.20 Å². The van der Waals surface area contributed by atoms with Crippen LogP contribution in [0.3, 0.4) is 0 Å². The van der Waals surface area contributed by atoms with Crippen LogP contribution in [0.2, 0.25) is 5.02 Å². The van der Waals surface area contributed by atoms with Crippen LogP contribution < -0.4 is 0 Å². The van der Waals surface area contributed by atoms with Crippen LogP contribution in [0.4, 0.5) is 0 Å². The van der Waals surface area contributed by atoms with Crippen molar-refractivity contribution in [2.75, 3.05) is 0 Å². The quantitative estimate of drug-likeness (QED) is 0.684. The number of halogens is 1. The van der Waals surface area contributed by atoms with E-state index in [1.807, 2.05) is 53.1 Å². The van der Waals surface area contributed by atoms with Gasteiger partial charge in [0.1, 0.15) is 12.3 Å². The highest BCUT2D eigenvalue weighted by atomic mass is 35.5. The number of hydrogen-bond donors (Lipinski definition) is 0. The van der Waals surface area contributed by atoms with Gasteiger partial charge in [-0.1, -0.05) is 29.8 Å². The number of benzene rings is 1. The van der Waals surface area contributed by atoms with Crippen LogP contribution in [0, 0.1) is 5.92 Å². The normalized spacial score (nSPS) is 19.7. The largest absolute Gasteiger partial charge is 0.459 e. The molecule has 1 saturated carbocycles. The van der Waals surface area contributed by atoms with Crippen molar-refractivity contribution in [3.05, 3.63) is 71.1 Å². The molecule has 4 rings (SSSR count). The summed E-state index contributed by atoms with van der Waals surface area (Å²) in [5.74, 6) is 0.0732. The molecule has 2 atom stereocenters. The first-order chi connectivity index (χ1) is 11.2. The van der Waals surface area contributed by atoms with E-state index in [4.69, 9.17) is 16.3 Å². The number of ether oxygens (including phenoxy) is 1. The van der Waals surface area contributed by atoms with Crippen LogP contribution in [0.1, 0.15) is 23.6 Å². The number of esters is 1. The topological polar surface area (TPSA) is 43.6 Å². The Morgan fingerprint density at radius 1 is 1.26 bits per heavy atom. The summed E-state index contributed by atoms with van der Waals surface area (Å²) in [6.07, 6.45) is 4.44. The van der Waals surface area contributed by atoms with Crippen molar-refractivity contribution < 1.29 is 9.53 Å². The third-order valence-electron chi connectivity index (χ3n) is 4.27. The molecule has 1 aliphatic carbocycles. The maximum absolute atomic E-state index is 12.2. The van der Waals surface area contributed by atoms with Gasteiger partial charge in [0.15, 0.2) is 0 Å². The van der Waals surface area contributed by atoms with E-state index in [2.05, 4.69) is 4.98 Å². The average molecular weight is 327 g/mol. The Kier molecular flexibility index (Phi) is 3.54. The number of carbonyl (C=O) groups is 1. The fourth-order valence-electron chi connectivity index (χ4n) is 2.91. The summed E-state index contributed by atoms with van der Waals surface area (Å²) in [4.78, 5) is 16.5. The molecule has 2 aromatic heterocycles. The van der Waals surface area contributed by atoms with Crippen molar-refractivity contribution >= 4 is 23.2 Å². The SMILES string of the molecule is O=C(OCc1cccc2nccn12)[C@H]1C[C@H]1c1ccc(Cl)cc1. The maximum atomic E-state index is 12.2. The second-order valence-electron chi connectivity index (χ2n) is 5.78. The summed E-state index contributed by atoms with van der Waals surface area (Å²) in [7, 11) is 0. The molecule has 0 N–H and O–H groups in total. The van der Waals surface area contributed by atoms with E-state index < -0.39 is 0 Å². The van der Waals surface area contributed by atoms with E-state index in [0.29, 0.717) is 5.02 Å². The molecular formula is C18H15ClN2O2. The van der Waals surface area contributed by atoms with E-state index in [0.717, 1.165) is 23.3 Å². The van der Waals surface area contributed by atoms with Gasteiger partial charge in [0.05, 0.1) is 11.6 Å². The van der Waals surface area contributed by atoms with Crippen molar-refractivity contribution in [3.63, 3.8) is 0 Å². The number of pyridine rings is 1. The zero-order valence-corrected chi connectivity index (χ0v) is 13.1. The zero-order valence-electron chi connectivity index (χ0n) is 12.4. The smallest absolute Gasteiger partial charge is 0.309 e. The number of nitrogens with zero attached hydrogens (tertiary/aromatic N) is 2. The van der Waals surface area contributed by atoms with Crippen molar-refractivity contribution in [3.8, 4) is 0 Å². The van der Waals surface area contributed by atoms with E-state index in [1.165, 1.54) is 0 Å². The molecule has 1 fully saturated rings. The van der Waals surface area contributed by atoms with Gasteiger partial charge < -0.3 is 9.14 Å². The van der Waals surface area contributed by atoms with Gasteiger partial charge in [-0.2, -0.15) is 0 Å². The molecule has 2 heterocycles. The van der Waals surface area contributed by atoms with Crippen molar-refractivity contribution in [1.82, 2.24) is 9.38 Å². The molecule has 0 radical (unpaired) electrons. The van der Waals surface area contributed by atoms with Gasteiger partial charge >= 0.3 is 5.97 Å². The van der Waals surface area contributed by atoms with Crippen LogP contribution in [0.15, 0.2) is 54.9 Å². The minimum Gasteiger partial charge on any atom is -0.459 e. The van der Waals surface area contributed by atoms with E-state index in [9.17, 15) is 4.79 Å². The minimum atomic E-state index is -0.137. The summed E-state index contributed by atoms with van der Waals surface area (Å²) < 4.78 is 7.42. The monoisotopic (exact) mass is 326 g/mol. The van der Waals surface area contributed by atoms with Gasteiger partial charge in [0, 0.05) is 17.4 Å². The molecular weight excluding hydrogens is 312 g/mol. The van der Waals surface area contributed by atoms with E-state index >= 15 is 0 Å². The lowest BCUT2D eigenvalue weighted by atomic mass is 10.1. The molecule has 23 heavy (non-hydrogen) atoms. The highest BCUT2D eigenvalue weighted by Crippen LogP contribution is 2.48. The number of fused-ring (bicyclic) bond motifs is 1. The number of aromatic nitrogens is 2. The summed E-state index contributed by atoms with van der Waals surface area (Å²) in [6.45, 7) is 0.260. The molecule has 0 amide bonds. The summed E-state index contributed by atoms with van der Waals surface area (Å²) in [6, 6.07) is 13.4. The first kappa shape index (κ1) is 14.3. The predicted molar refractivity (Wildman–Crippen MR) is 87.3 cm³/mol. The van der Waals surface area contributed by atoms with Crippen molar-refractivity contribution in [2.24, 2.45) is 5.92 Å². The Labute approximate surface area is 138 Å². The van der Waals surface area contributed by atoms with Gasteiger partial charge in [0.2, 0.25) is 0 Å². The van der Waals surface area contributed by atoms with Crippen molar-refractivity contribution in [2.45, 2.75) is 18.9 Å². The first-order valence-corrected chi connectivity index (χ1v) is 7.93. The molecule has 0 aliphatic heterocycles. The first-order valence-electron chi connectivity index (χ1n) is 7.55. The molecule has 1 aromatic carbocycles. The Morgan fingerprint density at radius 2 is 2.09 bits per heavy atom. The molecule has 0 bridgehead atoms. The maximum Gasteiger partial charge on any atom is 0.309 e. The molecule has 5 heteroatoms. The highest BCUT2D eigenvalue weighted by molar-refractivity contribution is 6.30. The third-order valence-corrected chi connectivity index (χ3v) is 4.52. The van der Waals surface area contributed by atoms with Gasteiger partial charge in [0.25, 0.3) is 0 Å². The standard InChI is InChI=1S/C18H15ClN2O2/c19-13-6-4-12(5-7-13)15-10-16(15)18(22)23-11-14-2-1-3-17-20-8-9-21(14)17/h1-9,15-16H,10-11H2/t15-,16-/m0/s1. The molecule has 0 spiro atoms. The summed E-state index contributed by atoms with van der Waals surface area (Å²) >= 11 is 5.89. The van der Waals surface area contributed by atoms with Crippen LogP contribution in [0.5, 0.6) is 0 Å². The second kappa shape index (κ2) is 5.70. The Hall–Kier alpha value is -2.33. The molecule has 4 nitrogen and oxygen atoms in total. The summed E-state index contributed by atoms with van der Waals surface area (Å²) in [5, 5.41) is 0.710. The van der Waals surface area contributed by atoms with Gasteiger partial charge in [-0.25, -0.2) is 4.98 Å². The lowest BCUT2D eigenvalue weighted by molar-refractivity contribution is -0.146. The highest BCUT2D eigenvalue weighted by Gasteiger charge is 2.45. The van der Waals surface area contributed by atoms with Gasteiger partial charge in [-0.3, -0.25) is 4.79 Å². The second-order valence-corrected chi connectivity index (χ2v) is 6.22. The lowest BCUT2D eigenvalue weighted by Crippen LogP contribution is -2.09. The molecule has 1 aliphatic rings. The van der Waals surface area contributed by atoms with Crippen LogP contribution >= 0.6 is 11.6 Å². The fraction of sp³-hybridized carbons (Fsp3) is 0.222. The van der Waals surface area contributed by atoms with Crippen molar-refractivity contribution in [1.29, 1.82) is 0 Å².